The number of nitrogens with one attached hydrogen (secondary N) is 1. The summed E-state index contributed by atoms with van der Waals surface area (Å²) in [7, 11) is 1.57. The van der Waals surface area contributed by atoms with Crippen molar-refractivity contribution in [2.24, 2.45) is 0 Å². The average Bonchev–Trinajstić information content (AvgIpc) is 2.50. The van der Waals surface area contributed by atoms with Gasteiger partial charge in [-0.3, -0.25) is 0 Å². The van der Waals surface area contributed by atoms with Gasteiger partial charge in [-0.05, 0) is 18.2 Å². The van der Waals surface area contributed by atoms with Crippen LogP contribution in [-0.4, -0.2) is 7.11 Å². The van der Waals surface area contributed by atoms with Gasteiger partial charge in [-0.15, -0.1) is 0 Å². The quantitative estimate of drug-likeness (QED) is 0.917. The highest BCUT2D eigenvalue weighted by molar-refractivity contribution is 6.31. The third kappa shape index (κ3) is 3.52. The highest BCUT2D eigenvalue weighted by Crippen LogP contribution is 2.26. The predicted octanol–water partition coefficient (Wildman–Crippen LogP) is 3.65. The summed E-state index contributed by atoms with van der Waals surface area (Å²) in [6.45, 7) is 0.745. The number of halogens is 2. The first kappa shape index (κ1) is 15.3. The Balaban J connectivity index is 2.08. The molecule has 0 aliphatic carbocycles. The number of rotatable bonds is 5. The number of benzene rings is 2. The molecule has 0 heterocycles. The lowest BCUT2D eigenvalue weighted by Crippen LogP contribution is -2.15. The van der Waals surface area contributed by atoms with E-state index in [4.69, 9.17) is 21.6 Å². The monoisotopic (exact) mass is 304 g/mol. The first-order valence-corrected chi connectivity index (χ1v) is 6.74. The van der Waals surface area contributed by atoms with Crippen molar-refractivity contribution in [3.8, 4) is 11.8 Å². The summed E-state index contributed by atoms with van der Waals surface area (Å²) in [5, 5.41) is 12.5. The maximum atomic E-state index is 13.9. The van der Waals surface area contributed by atoms with Crippen LogP contribution in [0.2, 0.25) is 5.02 Å². The van der Waals surface area contributed by atoms with Crippen molar-refractivity contribution in [2.45, 2.75) is 13.1 Å². The fourth-order valence-electron chi connectivity index (χ4n) is 2.03. The number of nitrogens with zero attached hydrogens (tertiary/aromatic N) is 1. The molecule has 0 saturated carbocycles. The molecule has 0 radical (unpaired) electrons. The number of methoxy groups -OCH3 is 1. The average molecular weight is 305 g/mol. The van der Waals surface area contributed by atoms with Crippen LogP contribution in [0.4, 0.5) is 4.39 Å². The van der Waals surface area contributed by atoms with Crippen molar-refractivity contribution in [2.75, 3.05) is 7.11 Å². The third-order valence-electron chi connectivity index (χ3n) is 3.11. The van der Waals surface area contributed by atoms with Crippen molar-refractivity contribution in [1.29, 1.82) is 5.26 Å². The van der Waals surface area contributed by atoms with Gasteiger partial charge in [0.05, 0.1) is 12.7 Å². The van der Waals surface area contributed by atoms with Crippen LogP contribution in [0.5, 0.6) is 5.75 Å². The summed E-state index contributed by atoms with van der Waals surface area (Å²) in [6.07, 6.45) is 0. The van der Waals surface area contributed by atoms with E-state index >= 15 is 0 Å². The second-order valence-electron chi connectivity index (χ2n) is 4.41. The van der Waals surface area contributed by atoms with E-state index in [1.807, 2.05) is 12.1 Å². The van der Waals surface area contributed by atoms with Crippen molar-refractivity contribution < 1.29 is 9.13 Å². The smallest absolute Gasteiger partial charge is 0.145 e. The first-order valence-electron chi connectivity index (χ1n) is 6.37. The number of hydrogen-bond acceptors (Lipinski definition) is 3. The Kier molecular flexibility index (Phi) is 5.15. The van der Waals surface area contributed by atoms with Gasteiger partial charge in [0.1, 0.15) is 17.6 Å². The van der Waals surface area contributed by atoms with Gasteiger partial charge in [0.15, 0.2) is 0 Å². The Morgan fingerprint density at radius 1 is 1.24 bits per heavy atom. The topological polar surface area (TPSA) is 45.0 Å². The fraction of sp³-hybridized carbons (Fsp3) is 0.188. The lowest BCUT2D eigenvalue weighted by molar-refractivity contribution is 0.407. The number of nitriles is 1. The molecule has 108 valence electrons. The zero-order valence-corrected chi connectivity index (χ0v) is 12.2. The van der Waals surface area contributed by atoms with E-state index in [1.165, 1.54) is 6.07 Å². The molecule has 2 rings (SSSR count). The number of hydrogen-bond donors (Lipinski definition) is 1. The van der Waals surface area contributed by atoms with Gasteiger partial charge in [-0.1, -0.05) is 29.8 Å². The Morgan fingerprint density at radius 2 is 2.00 bits per heavy atom. The lowest BCUT2D eigenvalue weighted by atomic mass is 10.1. The molecular formula is C16H14ClFN2O. The van der Waals surface area contributed by atoms with E-state index in [1.54, 1.807) is 31.4 Å². The molecule has 21 heavy (non-hydrogen) atoms. The van der Waals surface area contributed by atoms with Crippen LogP contribution in [-0.2, 0) is 13.1 Å². The summed E-state index contributed by atoms with van der Waals surface area (Å²) in [4.78, 5) is 0. The molecule has 3 nitrogen and oxygen atoms in total. The van der Waals surface area contributed by atoms with Gasteiger partial charge in [-0.2, -0.15) is 5.26 Å². The van der Waals surface area contributed by atoms with E-state index in [-0.39, 0.29) is 5.56 Å². The Labute approximate surface area is 127 Å². The van der Waals surface area contributed by atoms with Gasteiger partial charge in [-0.25, -0.2) is 4.39 Å². The molecule has 0 atom stereocenters. The minimum absolute atomic E-state index is 0.0459. The van der Waals surface area contributed by atoms with Crippen LogP contribution in [0, 0.1) is 17.1 Å². The Bertz CT molecular complexity index is 682. The van der Waals surface area contributed by atoms with Crippen LogP contribution >= 0.6 is 11.6 Å². The summed E-state index contributed by atoms with van der Waals surface area (Å²) >= 11 is 6.13. The van der Waals surface area contributed by atoms with E-state index < -0.39 is 5.82 Å². The molecule has 0 spiro atoms. The summed E-state index contributed by atoms with van der Waals surface area (Å²) < 4.78 is 19.2. The second kappa shape index (κ2) is 7.07. The molecule has 0 aliphatic heterocycles. The summed E-state index contributed by atoms with van der Waals surface area (Å²) in [5.41, 5.74) is 1.31. The van der Waals surface area contributed by atoms with Gasteiger partial charge in [0.2, 0.25) is 0 Å². The molecule has 0 fully saturated rings. The normalized spacial score (nSPS) is 10.2. The molecule has 2 aromatic rings. The molecule has 0 amide bonds. The van der Waals surface area contributed by atoms with Gasteiger partial charge < -0.3 is 10.1 Å². The highest BCUT2D eigenvalue weighted by atomic mass is 35.5. The standard InChI is InChI=1S/C16H14ClFN2O/c1-21-15-7-3-6-14(17)13(15)10-20-9-12-5-2-4-11(8-19)16(12)18/h2-7,20H,9-10H2,1H3. The Hall–Kier alpha value is -2.09. The van der Waals surface area contributed by atoms with Crippen LogP contribution in [0.3, 0.4) is 0 Å². The molecule has 0 aliphatic rings. The second-order valence-corrected chi connectivity index (χ2v) is 4.82. The Morgan fingerprint density at radius 3 is 2.71 bits per heavy atom. The molecule has 0 saturated heterocycles. The van der Waals surface area contributed by atoms with Gasteiger partial charge in [0.25, 0.3) is 0 Å². The molecule has 0 aromatic heterocycles. The highest BCUT2D eigenvalue weighted by Gasteiger charge is 2.09. The van der Waals surface area contributed by atoms with Crippen molar-refractivity contribution in [3.63, 3.8) is 0 Å². The van der Waals surface area contributed by atoms with Gasteiger partial charge >= 0.3 is 0 Å². The maximum Gasteiger partial charge on any atom is 0.145 e. The third-order valence-corrected chi connectivity index (χ3v) is 3.47. The van der Waals surface area contributed by atoms with Gasteiger partial charge in [0, 0.05) is 29.2 Å². The SMILES string of the molecule is COc1cccc(Cl)c1CNCc1cccc(C#N)c1F. The van der Waals surface area contributed by atoms with E-state index in [0.29, 0.717) is 29.4 Å². The fourth-order valence-corrected chi connectivity index (χ4v) is 2.26. The molecule has 0 unspecified atom stereocenters. The van der Waals surface area contributed by atoms with Crippen LogP contribution in [0.25, 0.3) is 0 Å². The summed E-state index contributed by atoms with van der Waals surface area (Å²) in [5.74, 6) is 0.194. The van der Waals surface area contributed by atoms with Crippen LogP contribution in [0.15, 0.2) is 36.4 Å². The molecule has 1 N–H and O–H groups in total. The van der Waals surface area contributed by atoms with Crippen LogP contribution < -0.4 is 10.1 Å². The molecule has 2 aromatic carbocycles. The zero-order valence-electron chi connectivity index (χ0n) is 11.5. The minimum atomic E-state index is -0.487. The van der Waals surface area contributed by atoms with Crippen molar-refractivity contribution in [3.05, 3.63) is 63.9 Å². The van der Waals surface area contributed by atoms with Crippen LogP contribution in [0.1, 0.15) is 16.7 Å². The maximum absolute atomic E-state index is 13.9. The predicted molar refractivity (Wildman–Crippen MR) is 79.7 cm³/mol. The van der Waals surface area contributed by atoms with Crippen molar-refractivity contribution in [1.82, 2.24) is 5.32 Å². The van der Waals surface area contributed by atoms with E-state index in [2.05, 4.69) is 5.32 Å². The minimum Gasteiger partial charge on any atom is -0.496 e. The lowest BCUT2D eigenvalue weighted by Gasteiger charge is -2.12. The molecular weight excluding hydrogens is 291 g/mol. The summed E-state index contributed by atoms with van der Waals surface area (Å²) in [6, 6.07) is 12.0. The van der Waals surface area contributed by atoms with Crippen molar-refractivity contribution >= 4 is 11.6 Å². The zero-order chi connectivity index (χ0) is 15.2. The molecule has 5 heteroatoms. The van der Waals surface area contributed by atoms with E-state index in [0.717, 1.165) is 5.56 Å². The largest absolute Gasteiger partial charge is 0.496 e. The number of ether oxygens (including phenoxy) is 1. The molecule has 0 bridgehead atoms. The first-order chi connectivity index (χ1) is 10.2. The van der Waals surface area contributed by atoms with E-state index in [9.17, 15) is 4.39 Å².